The van der Waals surface area contributed by atoms with Crippen LogP contribution in [0.2, 0.25) is 5.02 Å². The third-order valence-electron chi connectivity index (χ3n) is 3.73. The monoisotopic (exact) mass is 296 g/mol. The molecule has 2 rings (SSSR count). The summed E-state index contributed by atoms with van der Waals surface area (Å²) in [6.45, 7) is 4.89. The summed E-state index contributed by atoms with van der Waals surface area (Å²) in [6, 6.07) is 7.18. The van der Waals surface area contributed by atoms with Gasteiger partial charge in [0, 0.05) is 10.6 Å². The van der Waals surface area contributed by atoms with Crippen LogP contribution in [0.25, 0.3) is 0 Å². The van der Waals surface area contributed by atoms with Gasteiger partial charge in [0.25, 0.3) is 0 Å². The van der Waals surface area contributed by atoms with Crippen molar-refractivity contribution in [2.45, 2.75) is 38.5 Å². The van der Waals surface area contributed by atoms with Crippen molar-refractivity contribution in [3.05, 3.63) is 34.9 Å². The molecule has 0 saturated carbocycles. The number of morpholine rings is 1. The molecule has 5 heteroatoms. The van der Waals surface area contributed by atoms with Crippen LogP contribution in [0.3, 0.4) is 0 Å². The molecule has 1 heterocycles. The van der Waals surface area contributed by atoms with Crippen molar-refractivity contribution >= 4 is 17.5 Å². The lowest BCUT2D eigenvalue weighted by molar-refractivity contribution is -0.145. The Morgan fingerprint density at radius 2 is 2.25 bits per heavy atom. The van der Waals surface area contributed by atoms with Crippen LogP contribution in [-0.4, -0.2) is 36.0 Å². The first-order chi connectivity index (χ1) is 9.54. The average molecular weight is 297 g/mol. The predicted molar refractivity (Wildman–Crippen MR) is 79.6 cm³/mol. The molecule has 110 valence electrons. The Hall–Kier alpha value is -1.10. The maximum absolute atomic E-state index is 12.3. The molecule has 0 unspecified atom stereocenters. The molecule has 0 aromatic heterocycles. The van der Waals surface area contributed by atoms with Crippen LogP contribution in [0.1, 0.15) is 31.9 Å². The van der Waals surface area contributed by atoms with Gasteiger partial charge < -0.3 is 15.4 Å². The Bertz CT molecular complexity index is 481. The zero-order valence-electron chi connectivity index (χ0n) is 11.9. The number of nitrogens with zero attached hydrogens (tertiary/aromatic N) is 1. The number of carbonyl (C=O) groups excluding carboxylic acids is 1. The molecule has 1 aromatic carbocycles. The standard InChI is InChI=1S/C15H21ClN2O2/c1-3-13(17)15(19)18-8-14(20-9-10(18)2)11-6-4-5-7-12(11)16/h4-7,10,13-14H,3,8-9,17H2,1-2H3/t10-,13+,14-/m1/s1. The molecule has 1 aliphatic heterocycles. The maximum Gasteiger partial charge on any atom is 0.239 e. The van der Waals surface area contributed by atoms with Crippen LogP contribution < -0.4 is 5.73 Å². The van der Waals surface area contributed by atoms with E-state index in [4.69, 9.17) is 22.1 Å². The Kier molecular flexibility index (Phi) is 5.02. The molecule has 0 radical (unpaired) electrons. The van der Waals surface area contributed by atoms with Crippen LogP contribution in [-0.2, 0) is 9.53 Å². The molecule has 3 atom stereocenters. The van der Waals surface area contributed by atoms with Gasteiger partial charge in [-0.05, 0) is 19.4 Å². The van der Waals surface area contributed by atoms with Crippen molar-refractivity contribution < 1.29 is 9.53 Å². The second kappa shape index (κ2) is 6.57. The van der Waals surface area contributed by atoms with E-state index in [-0.39, 0.29) is 18.1 Å². The van der Waals surface area contributed by atoms with E-state index < -0.39 is 6.04 Å². The molecular weight excluding hydrogens is 276 g/mol. The normalized spacial score (nSPS) is 24.5. The van der Waals surface area contributed by atoms with Crippen LogP contribution >= 0.6 is 11.6 Å². The third kappa shape index (κ3) is 3.14. The lowest BCUT2D eigenvalue weighted by atomic mass is 10.0. The highest BCUT2D eigenvalue weighted by Gasteiger charge is 2.32. The number of carbonyl (C=O) groups is 1. The molecular formula is C15H21ClN2O2. The minimum Gasteiger partial charge on any atom is -0.369 e. The topological polar surface area (TPSA) is 55.6 Å². The Morgan fingerprint density at radius 3 is 2.90 bits per heavy atom. The summed E-state index contributed by atoms with van der Waals surface area (Å²) in [5, 5.41) is 0.666. The van der Waals surface area contributed by atoms with Crippen molar-refractivity contribution in [1.82, 2.24) is 4.90 Å². The van der Waals surface area contributed by atoms with Gasteiger partial charge in [0.2, 0.25) is 5.91 Å². The SMILES string of the molecule is CC[C@H](N)C(=O)N1C[C@H](c2ccccc2Cl)OC[C@H]1C. The molecule has 0 aliphatic carbocycles. The number of ether oxygens (including phenoxy) is 1. The highest BCUT2D eigenvalue weighted by Crippen LogP contribution is 2.30. The van der Waals surface area contributed by atoms with E-state index in [0.29, 0.717) is 24.6 Å². The van der Waals surface area contributed by atoms with E-state index in [1.165, 1.54) is 0 Å². The fourth-order valence-corrected chi connectivity index (χ4v) is 2.63. The van der Waals surface area contributed by atoms with Crippen molar-refractivity contribution in [3.8, 4) is 0 Å². The summed E-state index contributed by atoms with van der Waals surface area (Å²) in [7, 11) is 0. The first-order valence-corrected chi connectivity index (χ1v) is 7.34. The zero-order valence-corrected chi connectivity index (χ0v) is 12.6. The highest BCUT2D eigenvalue weighted by molar-refractivity contribution is 6.31. The summed E-state index contributed by atoms with van der Waals surface area (Å²) in [6.07, 6.45) is 0.451. The molecule has 2 N–H and O–H groups in total. The molecule has 1 fully saturated rings. The van der Waals surface area contributed by atoms with Gasteiger partial charge in [0.1, 0.15) is 6.10 Å². The summed E-state index contributed by atoms with van der Waals surface area (Å²) < 4.78 is 5.83. The quantitative estimate of drug-likeness (QED) is 0.931. The van der Waals surface area contributed by atoms with Crippen LogP contribution in [0, 0.1) is 0 Å². The van der Waals surface area contributed by atoms with Gasteiger partial charge in [0.05, 0.1) is 25.2 Å². The smallest absolute Gasteiger partial charge is 0.239 e. The van der Waals surface area contributed by atoms with Crippen LogP contribution in [0.4, 0.5) is 0 Å². The highest BCUT2D eigenvalue weighted by atomic mass is 35.5. The lowest BCUT2D eigenvalue weighted by Crippen LogP contribution is -2.53. The maximum atomic E-state index is 12.3. The molecule has 4 nitrogen and oxygen atoms in total. The molecule has 0 spiro atoms. The van der Waals surface area contributed by atoms with Gasteiger partial charge >= 0.3 is 0 Å². The number of rotatable bonds is 3. The van der Waals surface area contributed by atoms with Gasteiger partial charge in [-0.1, -0.05) is 36.7 Å². The van der Waals surface area contributed by atoms with Crippen LogP contribution in [0.15, 0.2) is 24.3 Å². The summed E-state index contributed by atoms with van der Waals surface area (Å²) >= 11 is 6.20. The zero-order chi connectivity index (χ0) is 14.7. The van der Waals surface area contributed by atoms with Crippen molar-refractivity contribution in [1.29, 1.82) is 0 Å². The van der Waals surface area contributed by atoms with Crippen molar-refractivity contribution in [2.24, 2.45) is 5.73 Å². The van der Waals surface area contributed by atoms with Gasteiger partial charge in [-0.3, -0.25) is 4.79 Å². The molecule has 20 heavy (non-hydrogen) atoms. The van der Waals surface area contributed by atoms with E-state index >= 15 is 0 Å². The number of amides is 1. The Morgan fingerprint density at radius 1 is 1.55 bits per heavy atom. The second-order valence-corrected chi connectivity index (χ2v) is 5.61. The summed E-state index contributed by atoms with van der Waals surface area (Å²) in [5.74, 6) is -0.0136. The van der Waals surface area contributed by atoms with Gasteiger partial charge in [0.15, 0.2) is 0 Å². The number of hydrogen-bond acceptors (Lipinski definition) is 3. The Labute approximate surface area is 124 Å². The summed E-state index contributed by atoms with van der Waals surface area (Å²) in [4.78, 5) is 14.1. The minimum atomic E-state index is -0.442. The predicted octanol–water partition coefficient (Wildman–Crippen LogP) is 2.37. The number of nitrogens with two attached hydrogens (primary N) is 1. The van der Waals surface area contributed by atoms with E-state index in [0.717, 1.165) is 5.56 Å². The fourth-order valence-electron chi connectivity index (χ4n) is 2.38. The van der Waals surface area contributed by atoms with E-state index in [1.54, 1.807) is 0 Å². The molecule has 0 bridgehead atoms. The van der Waals surface area contributed by atoms with Crippen molar-refractivity contribution in [3.63, 3.8) is 0 Å². The summed E-state index contributed by atoms with van der Waals surface area (Å²) in [5.41, 5.74) is 6.79. The van der Waals surface area contributed by atoms with Gasteiger partial charge in [-0.15, -0.1) is 0 Å². The minimum absolute atomic E-state index is 0.0136. The fraction of sp³-hybridized carbons (Fsp3) is 0.533. The molecule has 1 saturated heterocycles. The third-order valence-corrected chi connectivity index (χ3v) is 4.07. The van der Waals surface area contributed by atoms with Gasteiger partial charge in [-0.2, -0.15) is 0 Å². The van der Waals surface area contributed by atoms with Crippen LogP contribution in [0.5, 0.6) is 0 Å². The first-order valence-electron chi connectivity index (χ1n) is 6.96. The molecule has 1 amide bonds. The Balaban J connectivity index is 2.16. The second-order valence-electron chi connectivity index (χ2n) is 5.20. The number of hydrogen-bond donors (Lipinski definition) is 1. The lowest BCUT2D eigenvalue weighted by Gasteiger charge is -2.39. The van der Waals surface area contributed by atoms with E-state index in [1.807, 2.05) is 43.0 Å². The van der Waals surface area contributed by atoms with E-state index in [9.17, 15) is 4.79 Å². The average Bonchev–Trinajstić information content (AvgIpc) is 2.47. The molecule has 1 aromatic rings. The van der Waals surface area contributed by atoms with Crippen molar-refractivity contribution in [2.75, 3.05) is 13.2 Å². The van der Waals surface area contributed by atoms with E-state index in [2.05, 4.69) is 0 Å². The largest absolute Gasteiger partial charge is 0.369 e. The van der Waals surface area contributed by atoms with Gasteiger partial charge in [-0.25, -0.2) is 0 Å². The first kappa shape index (κ1) is 15.3. The number of halogens is 1. The number of benzene rings is 1. The molecule has 1 aliphatic rings.